The number of anilines is 3. The first kappa shape index (κ1) is 30.5. The van der Waals surface area contributed by atoms with Crippen molar-refractivity contribution in [2.75, 3.05) is 4.90 Å². The lowest BCUT2D eigenvalue weighted by molar-refractivity contribution is 0.669. The van der Waals surface area contributed by atoms with Gasteiger partial charge in [0.1, 0.15) is 33.5 Å². The van der Waals surface area contributed by atoms with Gasteiger partial charge in [-0.1, -0.05) is 109 Å². The average molecular weight is 740 g/mol. The third-order valence-corrected chi connectivity index (χ3v) is 12.4. The first-order valence-electron chi connectivity index (χ1n) is 19.7. The molecule has 14 rings (SSSR count). The molecule has 5 nitrogen and oxygen atoms in total. The summed E-state index contributed by atoms with van der Waals surface area (Å²) < 4.78 is 19.8. The van der Waals surface area contributed by atoms with Gasteiger partial charge in [0.05, 0.1) is 5.52 Å². The van der Waals surface area contributed by atoms with Gasteiger partial charge < -0.3 is 23.1 Å². The smallest absolute Gasteiger partial charge is 0.198 e. The Morgan fingerprint density at radius 3 is 1.90 bits per heavy atom. The number of hydrogen-bond donors (Lipinski definition) is 1. The number of fused-ring (bicyclic) bond motifs is 16. The third-order valence-electron chi connectivity index (χ3n) is 12.4. The number of aromatic nitrogens is 1. The van der Waals surface area contributed by atoms with E-state index >= 15 is 0 Å². The van der Waals surface area contributed by atoms with E-state index in [2.05, 4.69) is 151 Å². The van der Waals surface area contributed by atoms with Crippen LogP contribution in [0.15, 0.2) is 177 Å². The Morgan fingerprint density at radius 2 is 1.09 bits per heavy atom. The fraction of sp³-hybridized carbons (Fsp3) is 0. The van der Waals surface area contributed by atoms with Gasteiger partial charge in [-0.15, -0.1) is 0 Å². The Labute approximate surface area is 330 Å². The third kappa shape index (κ3) is 4.00. The predicted molar refractivity (Wildman–Crippen MR) is 240 cm³/mol. The molecule has 0 spiro atoms. The highest BCUT2D eigenvalue weighted by Gasteiger charge is 2.33. The lowest BCUT2D eigenvalue weighted by Gasteiger charge is -2.35. The van der Waals surface area contributed by atoms with Crippen LogP contribution >= 0.6 is 0 Å². The molecule has 0 unspecified atom stereocenters. The molecule has 5 heterocycles. The number of hydrogen-bond acceptors (Lipinski definition) is 4. The van der Waals surface area contributed by atoms with E-state index in [1.165, 1.54) is 21.5 Å². The molecule has 9 aromatic carbocycles. The van der Waals surface area contributed by atoms with Crippen LogP contribution in [0.1, 0.15) is 0 Å². The average Bonchev–Trinajstić information content (AvgIpc) is 4.04. The second-order valence-electron chi connectivity index (χ2n) is 15.5. The van der Waals surface area contributed by atoms with Gasteiger partial charge in [-0.2, -0.15) is 0 Å². The van der Waals surface area contributed by atoms with Crippen LogP contribution in [-0.2, 0) is 0 Å². The molecule has 0 saturated carbocycles. The second kappa shape index (κ2) is 11.0. The molecule has 4 aromatic heterocycles. The first-order valence-corrected chi connectivity index (χ1v) is 19.7. The number of nitrogens with zero attached hydrogens (tertiary/aromatic N) is 1. The quantitative estimate of drug-likeness (QED) is 0.179. The summed E-state index contributed by atoms with van der Waals surface area (Å²) in [6.07, 6.45) is 0. The van der Waals surface area contributed by atoms with Crippen molar-refractivity contribution in [3.05, 3.63) is 164 Å². The van der Waals surface area contributed by atoms with Crippen molar-refractivity contribution < 1.29 is 13.3 Å². The van der Waals surface area contributed by atoms with E-state index in [0.29, 0.717) is 0 Å². The lowest BCUT2D eigenvalue weighted by Crippen LogP contribution is -2.41. The van der Waals surface area contributed by atoms with Crippen molar-refractivity contribution in [2.24, 2.45) is 0 Å². The number of aromatic amines is 1. The van der Waals surface area contributed by atoms with Crippen molar-refractivity contribution in [1.29, 1.82) is 0 Å². The molecule has 0 bridgehead atoms. The normalized spacial score (nSPS) is 12.9. The molecule has 0 amide bonds. The van der Waals surface area contributed by atoms with Crippen LogP contribution in [0.2, 0.25) is 0 Å². The van der Waals surface area contributed by atoms with E-state index < -0.39 is 0 Å². The fourth-order valence-electron chi connectivity index (χ4n) is 9.86. The molecule has 1 aliphatic rings. The molecule has 0 aliphatic carbocycles. The van der Waals surface area contributed by atoms with Gasteiger partial charge in [-0.25, -0.2) is 0 Å². The van der Waals surface area contributed by atoms with E-state index in [0.717, 1.165) is 116 Å². The Balaban J connectivity index is 1.13. The number of nitrogens with one attached hydrogen (secondary N) is 1. The Bertz CT molecular complexity index is 3920. The van der Waals surface area contributed by atoms with Crippen LogP contribution in [0.25, 0.3) is 110 Å². The zero-order valence-corrected chi connectivity index (χ0v) is 30.8. The van der Waals surface area contributed by atoms with Crippen molar-refractivity contribution in [3.63, 3.8) is 0 Å². The summed E-state index contributed by atoms with van der Waals surface area (Å²) in [5.74, 6) is 0. The lowest BCUT2D eigenvalue weighted by atomic mass is 9.58. The van der Waals surface area contributed by atoms with Crippen LogP contribution in [0.5, 0.6) is 0 Å². The van der Waals surface area contributed by atoms with Gasteiger partial charge in [0.25, 0.3) is 0 Å². The van der Waals surface area contributed by atoms with Crippen LogP contribution in [0, 0.1) is 0 Å². The zero-order valence-electron chi connectivity index (χ0n) is 30.8. The summed E-state index contributed by atoms with van der Waals surface area (Å²) in [5.41, 5.74) is 14.8. The summed E-state index contributed by atoms with van der Waals surface area (Å²) in [4.78, 5) is 6.31. The highest BCUT2D eigenvalue weighted by atomic mass is 16.3. The standard InChI is InChI=1S/C52H28BN2O3/c1-2-11-30-28(10-1)20-22-40-48(30)34-15-9-16-35(51(34)54-40)49-50-42(26-38-33-14-5-8-19-45(33)58-52(38)49)55(29-21-23-46-36(24-29)31-12-3-6-17-43(31)56-46)41-25-37-32-13-4-7-18-44(32)57-47(37)27-39(41)53-50/h1-27,54H. The van der Waals surface area contributed by atoms with E-state index in [-0.39, 0.29) is 0 Å². The van der Waals surface area contributed by atoms with Crippen molar-refractivity contribution in [1.82, 2.24) is 4.98 Å². The summed E-state index contributed by atoms with van der Waals surface area (Å²) in [6.45, 7) is 0. The molecular formula is C52H28BN2O3. The van der Waals surface area contributed by atoms with Crippen LogP contribution in [0.3, 0.4) is 0 Å². The molecule has 0 atom stereocenters. The molecule has 267 valence electrons. The molecular weight excluding hydrogens is 711 g/mol. The Hall–Kier alpha value is -7.70. The van der Waals surface area contributed by atoms with Gasteiger partial charge in [0.2, 0.25) is 0 Å². The van der Waals surface area contributed by atoms with Crippen LogP contribution in [0.4, 0.5) is 17.1 Å². The van der Waals surface area contributed by atoms with Gasteiger partial charge in [0, 0.05) is 76.8 Å². The Morgan fingerprint density at radius 1 is 0.448 bits per heavy atom. The van der Waals surface area contributed by atoms with Gasteiger partial charge in [-0.05, 0) is 76.9 Å². The largest absolute Gasteiger partial charge is 0.456 e. The minimum Gasteiger partial charge on any atom is -0.456 e. The molecule has 1 aliphatic heterocycles. The minimum absolute atomic E-state index is 0.854. The summed E-state index contributed by atoms with van der Waals surface area (Å²) >= 11 is 0. The molecule has 58 heavy (non-hydrogen) atoms. The highest BCUT2D eigenvalue weighted by molar-refractivity contribution is 6.74. The fourth-order valence-corrected chi connectivity index (χ4v) is 9.86. The second-order valence-corrected chi connectivity index (χ2v) is 15.5. The maximum Gasteiger partial charge on any atom is 0.198 e. The molecule has 0 saturated heterocycles. The molecule has 1 radical (unpaired) electrons. The number of para-hydroxylation sites is 4. The number of H-pyrrole nitrogens is 1. The molecule has 1 N–H and O–H groups in total. The monoisotopic (exact) mass is 739 g/mol. The van der Waals surface area contributed by atoms with Crippen molar-refractivity contribution in [2.45, 2.75) is 0 Å². The van der Waals surface area contributed by atoms with Crippen LogP contribution in [-0.4, -0.2) is 12.3 Å². The molecule has 0 fully saturated rings. The zero-order chi connectivity index (χ0) is 37.6. The first-order chi connectivity index (χ1) is 28.7. The topological polar surface area (TPSA) is 58.5 Å². The Kier molecular flexibility index (Phi) is 5.78. The predicted octanol–water partition coefficient (Wildman–Crippen LogP) is 13.3. The van der Waals surface area contributed by atoms with Crippen molar-refractivity contribution >= 4 is 134 Å². The SMILES string of the molecule is [B]1c2cc3oc4ccccc4c3cc2N(c2ccc3oc4ccccc4c3c2)c2cc3c(oc4ccccc43)c(-c3cccc4c3[nH]c3ccc5ccccc5c34)c21. The van der Waals surface area contributed by atoms with Gasteiger partial charge in [0.15, 0.2) is 7.28 Å². The van der Waals surface area contributed by atoms with Gasteiger partial charge >= 0.3 is 0 Å². The highest BCUT2D eigenvalue weighted by Crippen LogP contribution is 2.47. The molecule has 13 aromatic rings. The summed E-state index contributed by atoms with van der Waals surface area (Å²) in [6, 6.07) is 58.1. The van der Waals surface area contributed by atoms with E-state index in [4.69, 9.17) is 13.3 Å². The maximum absolute atomic E-state index is 6.95. The maximum atomic E-state index is 6.95. The number of benzene rings is 9. The minimum atomic E-state index is 0.854. The van der Waals surface area contributed by atoms with E-state index in [1.54, 1.807) is 0 Å². The van der Waals surface area contributed by atoms with Gasteiger partial charge in [-0.3, -0.25) is 0 Å². The number of furan rings is 3. The van der Waals surface area contributed by atoms with Crippen LogP contribution < -0.4 is 15.8 Å². The van der Waals surface area contributed by atoms with Crippen molar-refractivity contribution in [3.8, 4) is 11.1 Å². The van der Waals surface area contributed by atoms with E-state index in [9.17, 15) is 0 Å². The number of rotatable bonds is 2. The summed E-state index contributed by atoms with van der Waals surface area (Å²) in [7, 11) is 2.33. The summed E-state index contributed by atoms with van der Waals surface area (Å²) in [5, 5.41) is 11.3. The molecule has 6 heteroatoms. The van der Waals surface area contributed by atoms with E-state index in [1.807, 2.05) is 30.3 Å².